The first kappa shape index (κ1) is 22.5. The van der Waals surface area contributed by atoms with Crippen molar-refractivity contribution in [2.75, 3.05) is 0 Å². The molecule has 0 atom stereocenters. The highest BCUT2D eigenvalue weighted by atomic mass is 19.2. The Morgan fingerprint density at radius 2 is 1.45 bits per heavy atom. The Hall–Kier alpha value is -3.65. The summed E-state index contributed by atoms with van der Waals surface area (Å²) in [4.78, 5) is 0. The third kappa shape index (κ3) is 4.75. The van der Waals surface area contributed by atoms with Gasteiger partial charge in [0.2, 0.25) is 0 Å². The van der Waals surface area contributed by atoms with Crippen LogP contribution in [0.25, 0.3) is 21.9 Å². The van der Waals surface area contributed by atoms with Gasteiger partial charge >= 0.3 is 0 Å². The van der Waals surface area contributed by atoms with Crippen LogP contribution in [0.2, 0.25) is 0 Å². The average molecular weight is 450 g/mol. The molecule has 4 aromatic carbocycles. The first-order chi connectivity index (χ1) is 15.9. The molecule has 166 valence electrons. The predicted molar refractivity (Wildman–Crippen MR) is 120 cm³/mol. The van der Waals surface area contributed by atoms with Gasteiger partial charge in [0.05, 0.1) is 11.1 Å². The van der Waals surface area contributed by atoms with Crippen LogP contribution in [0.1, 0.15) is 36.5 Å². The lowest BCUT2D eigenvalue weighted by Gasteiger charge is -2.08. The Bertz CT molecular complexity index is 1390. The van der Waals surface area contributed by atoms with Crippen molar-refractivity contribution in [3.05, 3.63) is 106 Å². The lowest BCUT2D eigenvalue weighted by atomic mass is 9.98. The number of hydrogen-bond acceptors (Lipinski definition) is 0. The molecule has 0 spiro atoms. The van der Waals surface area contributed by atoms with E-state index in [1.165, 1.54) is 30.3 Å². The highest BCUT2D eigenvalue weighted by Crippen LogP contribution is 2.31. The Morgan fingerprint density at radius 3 is 2.15 bits per heavy atom. The minimum Gasteiger partial charge on any atom is -0.206 e. The second-order valence-corrected chi connectivity index (χ2v) is 7.78. The van der Waals surface area contributed by atoms with Crippen molar-refractivity contribution in [1.29, 1.82) is 0 Å². The second kappa shape index (κ2) is 9.46. The number of halogens is 5. The van der Waals surface area contributed by atoms with E-state index in [-0.39, 0.29) is 27.6 Å². The van der Waals surface area contributed by atoms with Crippen LogP contribution >= 0.6 is 0 Å². The zero-order valence-electron chi connectivity index (χ0n) is 17.8. The highest BCUT2D eigenvalue weighted by Gasteiger charge is 2.15. The van der Waals surface area contributed by atoms with Crippen molar-refractivity contribution in [1.82, 2.24) is 0 Å². The van der Waals surface area contributed by atoms with E-state index in [2.05, 4.69) is 18.8 Å². The van der Waals surface area contributed by atoms with Crippen molar-refractivity contribution in [3.63, 3.8) is 0 Å². The number of unbranched alkanes of at least 4 members (excludes halogenated alkanes) is 1. The first-order valence-electron chi connectivity index (χ1n) is 10.5. The van der Waals surface area contributed by atoms with Crippen LogP contribution in [0.3, 0.4) is 0 Å². The van der Waals surface area contributed by atoms with Crippen LogP contribution in [-0.4, -0.2) is 0 Å². The van der Waals surface area contributed by atoms with Crippen LogP contribution < -0.4 is 0 Å². The van der Waals surface area contributed by atoms with E-state index in [9.17, 15) is 22.0 Å². The van der Waals surface area contributed by atoms with Crippen LogP contribution in [0.15, 0.2) is 60.7 Å². The number of hydrogen-bond donors (Lipinski definition) is 0. The smallest absolute Gasteiger partial charge is 0.166 e. The van der Waals surface area contributed by atoms with Crippen LogP contribution in [0, 0.1) is 40.9 Å². The molecule has 0 N–H and O–H groups in total. The van der Waals surface area contributed by atoms with Crippen LogP contribution in [0.5, 0.6) is 0 Å². The van der Waals surface area contributed by atoms with E-state index < -0.39 is 29.1 Å². The van der Waals surface area contributed by atoms with Crippen LogP contribution in [0.4, 0.5) is 22.0 Å². The molecule has 4 aromatic rings. The van der Waals surface area contributed by atoms with Gasteiger partial charge in [0, 0.05) is 10.9 Å². The predicted octanol–water partition coefficient (Wildman–Crippen LogP) is 7.94. The van der Waals surface area contributed by atoms with Gasteiger partial charge in [-0.05, 0) is 65.8 Å². The van der Waals surface area contributed by atoms with Gasteiger partial charge in [0.25, 0.3) is 0 Å². The van der Waals surface area contributed by atoms with Crippen molar-refractivity contribution >= 4 is 10.8 Å². The molecule has 0 aliphatic heterocycles. The molecular formula is C28H19F5. The molecular weight excluding hydrogens is 431 g/mol. The highest BCUT2D eigenvalue weighted by molar-refractivity contribution is 5.88. The summed E-state index contributed by atoms with van der Waals surface area (Å²) in [6.45, 7) is 2.06. The van der Waals surface area contributed by atoms with Gasteiger partial charge in [-0.3, -0.25) is 0 Å². The molecule has 0 saturated heterocycles. The maximum absolute atomic E-state index is 14.8. The van der Waals surface area contributed by atoms with E-state index in [1.807, 2.05) is 0 Å². The average Bonchev–Trinajstić information content (AvgIpc) is 2.79. The Balaban J connectivity index is 1.65. The summed E-state index contributed by atoms with van der Waals surface area (Å²) in [5.41, 5.74) is 0.941. The fourth-order valence-electron chi connectivity index (χ4n) is 3.68. The molecule has 0 fully saturated rings. The minimum absolute atomic E-state index is 0.0183. The Morgan fingerprint density at radius 1 is 0.697 bits per heavy atom. The monoisotopic (exact) mass is 450 g/mol. The Kier molecular flexibility index (Phi) is 6.46. The fourth-order valence-corrected chi connectivity index (χ4v) is 3.68. The number of benzene rings is 4. The van der Waals surface area contributed by atoms with Gasteiger partial charge < -0.3 is 0 Å². The largest absolute Gasteiger partial charge is 0.206 e. The maximum atomic E-state index is 14.8. The summed E-state index contributed by atoms with van der Waals surface area (Å²) in [5, 5.41) is 0.330. The molecule has 0 radical (unpaired) electrons. The van der Waals surface area contributed by atoms with Crippen molar-refractivity contribution in [3.8, 4) is 23.0 Å². The van der Waals surface area contributed by atoms with Crippen molar-refractivity contribution < 1.29 is 22.0 Å². The van der Waals surface area contributed by atoms with E-state index in [0.717, 1.165) is 43.0 Å². The molecule has 33 heavy (non-hydrogen) atoms. The van der Waals surface area contributed by atoms with Gasteiger partial charge in [0.15, 0.2) is 11.6 Å². The summed E-state index contributed by atoms with van der Waals surface area (Å²) in [7, 11) is 0. The number of rotatable bonds is 4. The summed E-state index contributed by atoms with van der Waals surface area (Å²) in [5.74, 6) is 1.01. The molecule has 0 nitrogen and oxygen atoms in total. The third-order valence-electron chi connectivity index (χ3n) is 5.43. The van der Waals surface area contributed by atoms with Crippen LogP contribution in [-0.2, 0) is 6.42 Å². The van der Waals surface area contributed by atoms with E-state index in [4.69, 9.17) is 0 Å². The van der Waals surface area contributed by atoms with Crippen molar-refractivity contribution in [2.24, 2.45) is 0 Å². The van der Waals surface area contributed by atoms with E-state index in [0.29, 0.717) is 5.39 Å². The van der Waals surface area contributed by atoms with Gasteiger partial charge in [-0.25, -0.2) is 22.0 Å². The van der Waals surface area contributed by atoms with Gasteiger partial charge in [-0.2, -0.15) is 0 Å². The van der Waals surface area contributed by atoms with Crippen molar-refractivity contribution in [2.45, 2.75) is 26.2 Å². The van der Waals surface area contributed by atoms with Gasteiger partial charge in [0.1, 0.15) is 17.5 Å². The maximum Gasteiger partial charge on any atom is 0.166 e. The zero-order chi connectivity index (χ0) is 23.5. The molecule has 0 amide bonds. The molecule has 0 saturated carbocycles. The fraction of sp³-hybridized carbons (Fsp3) is 0.143. The van der Waals surface area contributed by atoms with Gasteiger partial charge in [-0.1, -0.05) is 49.5 Å². The first-order valence-corrected chi connectivity index (χ1v) is 10.5. The molecule has 0 bridgehead atoms. The topological polar surface area (TPSA) is 0 Å². The molecule has 0 aliphatic carbocycles. The molecule has 0 aromatic heterocycles. The molecule has 0 heterocycles. The third-order valence-corrected chi connectivity index (χ3v) is 5.43. The van der Waals surface area contributed by atoms with Gasteiger partial charge in [-0.15, -0.1) is 0 Å². The second-order valence-electron chi connectivity index (χ2n) is 7.78. The zero-order valence-corrected chi connectivity index (χ0v) is 17.8. The number of fused-ring (bicyclic) bond motifs is 1. The lowest BCUT2D eigenvalue weighted by Crippen LogP contribution is -1.94. The molecule has 5 heteroatoms. The summed E-state index contributed by atoms with van der Waals surface area (Å²) in [6, 6.07) is 13.2. The van der Waals surface area contributed by atoms with E-state index in [1.54, 1.807) is 12.1 Å². The minimum atomic E-state index is -1.02. The summed E-state index contributed by atoms with van der Waals surface area (Å²) in [6.07, 6.45) is 2.73. The summed E-state index contributed by atoms with van der Waals surface area (Å²) < 4.78 is 71.2. The Labute approximate surface area is 188 Å². The molecule has 0 aliphatic rings. The standard InChI is InChI=1S/C28H19F5/c1-2-3-4-17-5-7-19(24(30)13-17)8-6-18-14-25(31)27(26(32)15-18)21-9-11-22-20(16-21)10-12-23(29)28(22)33/h5,7,9-16H,2-4H2,1H3. The lowest BCUT2D eigenvalue weighted by molar-refractivity contribution is 0.517. The quantitative estimate of drug-likeness (QED) is 0.219. The number of aryl methyl sites for hydroxylation is 1. The SMILES string of the molecule is CCCCc1ccc(C#Cc2cc(F)c(-c3ccc4c(F)c(F)ccc4c3)c(F)c2)c(F)c1. The van der Waals surface area contributed by atoms with E-state index >= 15 is 0 Å². The summed E-state index contributed by atoms with van der Waals surface area (Å²) >= 11 is 0. The normalized spacial score (nSPS) is 10.8. The molecule has 4 rings (SSSR count). The molecule has 0 unspecified atom stereocenters.